The second kappa shape index (κ2) is 1.29. The van der Waals surface area contributed by atoms with Crippen LogP contribution in [-0.4, -0.2) is 0 Å². The topological polar surface area (TPSA) is 0 Å². The van der Waals surface area contributed by atoms with Crippen molar-refractivity contribution in [2.75, 3.05) is 0 Å². The maximum Gasteiger partial charge on any atom is -0.00756 e. The van der Waals surface area contributed by atoms with Crippen molar-refractivity contribution in [3.05, 3.63) is 24.3 Å². The van der Waals surface area contributed by atoms with Crippen molar-refractivity contribution in [2.24, 2.45) is 5.92 Å². The van der Waals surface area contributed by atoms with E-state index in [1.54, 1.807) is 0 Å². The number of allylic oxidation sites excluding steroid dienone is 4. The van der Waals surface area contributed by atoms with E-state index in [1.807, 2.05) is 0 Å². The fourth-order valence-electron chi connectivity index (χ4n) is 0.543. The Morgan fingerprint density at radius 2 is 1.67 bits per heavy atom. The molecule has 0 aliphatic heterocycles. The van der Waals surface area contributed by atoms with E-state index >= 15 is 0 Å². The first-order chi connectivity index (χ1) is 2.89. The van der Waals surface area contributed by atoms with Crippen LogP contribution in [0.4, 0.5) is 0 Å². The first-order valence-electron chi connectivity index (χ1n) is 2.24. The van der Waals surface area contributed by atoms with Crippen LogP contribution in [0, 0.1) is 5.92 Å². The van der Waals surface area contributed by atoms with Crippen LogP contribution in [0.2, 0.25) is 0 Å². The molecule has 0 fully saturated rings. The maximum atomic E-state index is 2.17. The molecule has 1 aliphatic carbocycles. The van der Waals surface area contributed by atoms with E-state index in [4.69, 9.17) is 0 Å². The Morgan fingerprint density at radius 1 is 1.17 bits per heavy atom. The van der Waals surface area contributed by atoms with E-state index in [9.17, 15) is 0 Å². The standard InChI is InChI=1S/C6H8/c1-6-4-2-3-5-6/h2-6H,1H3. The summed E-state index contributed by atoms with van der Waals surface area (Å²) in [5.41, 5.74) is 0. The van der Waals surface area contributed by atoms with Crippen LogP contribution in [0.25, 0.3) is 0 Å². The fraction of sp³-hybridized carbons (Fsp3) is 0.333. The van der Waals surface area contributed by atoms with Crippen LogP contribution in [0.3, 0.4) is 0 Å². The molecule has 6 heavy (non-hydrogen) atoms. The van der Waals surface area contributed by atoms with Crippen LogP contribution < -0.4 is 0 Å². The van der Waals surface area contributed by atoms with Gasteiger partial charge in [-0.25, -0.2) is 0 Å². The molecule has 0 radical (unpaired) electrons. The first kappa shape index (κ1) is 3.66. The molecule has 0 nitrogen and oxygen atoms in total. The van der Waals surface area contributed by atoms with Gasteiger partial charge in [-0.15, -0.1) is 0 Å². The summed E-state index contributed by atoms with van der Waals surface area (Å²) >= 11 is 0. The van der Waals surface area contributed by atoms with Gasteiger partial charge in [-0.3, -0.25) is 0 Å². The third kappa shape index (κ3) is 0.510. The molecular formula is C6H8. The SMILES string of the molecule is CC1C=CC=C1. The van der Waals surface area contributed by atoms with E-state index < -0.39 is 0 Å². The first-order valence-corrected chi connectivity index (χ1v) is 2.24. The van der Waals surface area contributed by atoms with Gasteiger partial charge in [-0.05, 0) is 5.92 Å². The molecule has 0 aromatic rings. The van der Waals surface area contributed by atoms with E-state index in [0.29, 0.717) is 5.92 Å². The number of rotatable bonds is 0. The molecule has 0 aromatic carbocycles. The van der Waals surface area contributed by atoms with E-state index in [2.05, 4.69) is 31.2 Å². The van der Waals surface area contributed by atoms with Crippen molar-refractivity contribution in [3.8, 4) is 0 Å². The zero-order chi connectivity index (χ0) is 4.41. The molecule has 1 aliphatic rings. The minimum atomic E-state index is 0.685. The van der Waals surface area contributed by atoms with E-state index in [-0.39, 0.29) is 0 Å². The summed E-state index contributed by atoms with van der Waals surface area (Å²) in [7, 11) is 0. The quantitative estimate of drug-likeness (QED) is 0.416. The van der Waals surface area contributed by atoms with Gasteiger partial charge in [0.2, 0.25) is 0 Å². The summed E-state index contributed by atoms with van der Waals surface area (Å²) in [6.07, 6.45) is 8.48. The lowest BCUT2D eigenvalue weighted by molar-refractivity contribution is 0.958. The normalized spacial score (nSPS) is 20.2. The van der Waals surface area contributed by atoms with Crippen LogP contribution >= 0.6 is 0 Å². The summed E-state index contributed by atoms with van der Waals surface area (Å²) in [4.78, 5) is 0. The van der Waals surface area contributed by atoms with Crippen LogP contribution in [0.15, 0.2) is 24.3 Å². The molecule has 1 rings (SSSR count). The van der Waals surface area contributed by atoms with Gasteiger partial charge in [0.05, 0.1) is 0 Å². The Hall–Kier alpha value is -0.520. The Bertz CT molecular complexity index is 76.2. The van der Waals surface area contributed by atoms with Gasteiger partial charge in [0.15, 0.2) is 0 Å². The monoisotopic (exact) mass is 80.1 g/mol. The van der Waals surface area contributed by atoms with Gasteiger partial charge < -0.3 is 0 Å². The highest BCUT2D eigenvalue weighted by molar-refractivity contribution is 5.15. The Balaban J connectivity index is 2.60. The summed E-state index contributed by atoms with van der Waals surface area (Å²) in [5.74, 6) is 0.685. The molecule has 0 spiro atoms. The van der Waals surface area contributed by atoms with Gasteiger partial charge in [-0.2, -0.15) is 0 Å². The second-order valence-corrected chi connectivity index (χ2v) is 1.63. The molecule has 0 saturated carbocycles. The fourth-order valence-corrected chi connectivity index (χ4v) is 0.543. The molecule has 0 heterocycles. The second-order valence-electron chi connectivity index (χ2n) is 1.63. The lowest BCUT2D eigenvalue weighted by Gasteiger charge is -1.84. The molecular weight excluding hydrogens is 72.1 g/mol. The third-order valence-corrected chi connectivity index (χ3v) is 0.940. The summed E-state index contributed by atoms with van der Waals surface area (Å²) in [6.45, 7) is 2.17. The van der Waals surface area contributed by atoms with Gasteiger partial charge >= 0.3 is 0 Å². The Morgan fingerprint density at radius 3 is 1.83 bits per heavy atom. The maximum absolute atomic E-state index is 2.17. The van der Waals surface area contributed by atoms with Crippen LogP contribution in [-0.2, 0) is 0 Å². The lowest BCUT2D eigenvalue weighted by Crippen LogP contribution is -1.72. The van der Waals surface area contributed by atoms with Crippen LogP contribution in [0.1, 0.15) is 6.92 Å². The predicted molar refractivity (Wildman–Crippen MR) is 27.4 cm³/mol. The summed E-state index contributed by atoms with van der Waals surface area (Å²) in [6, 6.07) is 0. The van der Waals surface area contributed by atoms with Crippen molar-refractivity contribution >= 4 is 0 Å². The summed E-state index contributed by atoms with van der Waals surface area (Å²) in [5, 5.41) is 0. The molecule has 0 N–H and O–H groups in total. The predicted octanol–water partition coefficient (Wildman–Crippen LogP) is 1.75. The van der Waals surface area contributed by atoms with Gasteiger partial charge in [0.25, 0.3) is 0 Å². The zero-order valence-corrected chi connectivity index (χ0v) is 3.89. The molecule has 0 bridgehead atoms. The minimum Gasteiger partial charge on any atom is -0.0779 e. The van der Waals surface area contributed by atoms with Crippen molar-refractivity contribution < 1.29 is 0 Å². The Kier molecular flexibility index (Phi) is 0.789. The third-order valence-electron chi connectivity index (χ3n) is 0.940. The van der Waals surface area contributed by atoms with E-state index in [0.717, 1.165) is 0 Å². The average Bonchev–Trinajstić information content (AvgIpc) is 1.86. The van der Waals surface area contributed by atoms with E-state index in [1.165, 1.54) is 0 Å². The highest BCUT2D eigenvalue weighted by Gasteiger charge is 1.89. The Labute approximate surface area is 38.2 Å². The average molecular weight is 80.1 g/mol. The summed E-state index contributed by atoms with van der Waals surface area (Å²) < 4.78 is 0. The highest BCUT2D eigenvalue weighted by Crippen LogP contribution is 2.04. The molecule has 32 valence electrons. The zero-order valence-electron chi connectivity index (χ0n) is 3.89. The van der Waals surface area contributed by atoms with Crippen LogP contribution in [0.5, 0.6) is 0 Å². The van der Waals surface area contributed by atoms with Crippen molar-refractivity contribution in [3.63, 3.8) is 0 Å². The van der Waals surface area contributed by atoms with Gasteiger partial charge in [-0.1, -0.05) is 31.2 Å². The van der Waals surface area contributed by atoms with Gasteiger partial charge in [0, 0.05) is 0 Å². The number of hydrogen-bond acceptors (Lipinski definition) is 0. The van der Waals surface area contributed by atoms with Crippen molar-refractivity contribution in [1.29, 1.82) is 0 Å². The van der Waals surface area contributed by atoms with Gasteiger partial charge in [0.1, 0.15) is 0 Å². The highest BCUT2D eigenvalue weighted by atomic mass is 14.0. The lowest BCUT2D eigenvalue weighted by atomic mass is 10.2. The smallest absolute Gasteiger partial charge is 0.00756 e. The molecule has 0 heteroatoms. The molecule has 0 saturated heterocycles. The molecule has 0 aromatic heterocycles. The molecule has 0 atom stereocenters. The minimum absolute atomic E-state index is 0.685. The van der Waals surface area contributed by atoms with Crippen molar-refractivity contribution in [1.82, 2.24) is 0 Å². The molecule has 0 unspecified atom stereocenters. The van der Waals surface area contributed by atoms with Crippen molar-refractivity contribution in [2.45, 2.75) is 6.92 Å². The number of hydrogen-bond donors (Lipinski definition) is 0. The largest absolute Gasteiger partial charge is 0.0779 e. The molecule has 0 amide bonds.